The fraction of sp³-hybridized carbons (Fsp3) is 0.238. The Kier molecular flexibility index (Phi) is 6.60. The molecule has 27 heavy (non-hydrogen) atoms. The van der Waals surface area contributed by atoms with E-state index in [1.165, 1.54) is 0 Å². The molecule has 140 valence electrons. The van der Waals surface area contributed by atoms with Crippen LogP contribution < -0.4 is 15.4 Å². The van der Waals surface area contributed by atoms with Gasteiger partial charge >= 0.3 is 0 Å². The summed E-state index contributed by atoms with van der Waals surface area (Å²) in [6.45, 7) is 1.33. The zero-order valence-corrected chi connectivity index (χ0v) is 15.4. The topological polar surface area (TPSA) is 79.3 Å². The summed E-state index contributed by atoms with van der Waals surface area (Å²) in [5.41, 5.74) is 2.90. The molecule has 0 fully saturated rings. The minimum atomic E-state index is 0.129. The lowest BCUT2D eigenvalue weighted by Gasteiger charge is -2.13. The van der Waals surface area contributed by atoms with E-state index < -0.39 is 0 Å². The van der Waals surface area contributed by atoms with E-state index in [2.05, 4.69) is 20.6 Å². The largest absolute Gasteiger partial charge is 0.496 e. The standard InChI is InChI=1S/C21H24N4O2/c1-27-19-11-6-5-10-17(19)15-23-20-14-18(16-8-3-2-4-9-16)24-21(25-20)22-12-7-13-26/h2-6,8-11,14,26H,7,12-13,15H2,1H3,(H2,22,23,24,25). The minimum absolute atomic E-state index is 0.129. The van der Waals surface area contributed by atoms with Gasteiger partial charge in [-0.1, -0.05) is 48.5 Å². The highest BCUT2D eigenvalue weighted by Crippen LogP contribution is 2.23. The highest BCUT2D eigenvalue weighted by molar-refractivity contribution is 5.64. The van der Waals surface area contributed by atoms with Crippen LogP contribution in [0.3, 0.4) is 0 Å². The molecule has 0 unspecified atom stereocenters. The maximum absolute atomic E-state index is 8.99. The Balaban J connectivity index is 1.83. The van der Waals surface area contributed by atoms with Gasteiger partial charge < -0.3 is 20.5 Å². The summed E-state index contributed by atoms with van der Waals surface area (Å²) in [4.78, 5) is 9.14. The number of aliphatic hydroxyl groups excluding tert-OH is 1. The summed E-state index contributed by atoms with van der Waals surface area (Å²) in [7, 11) is 1.67. The second-order valence-electron chi connectivity index (χ2n) is 6.00. The average Bonchev–Trinajstić information content (AvgIpc) is 2.73. The molecular formula is C21H24N4O2. The molecule has 0 atom stereocenters. The van der Waals surface area contributed by atoms with Crippen LogP contribution in [0.1, 0.15) is 12.0 Å². The summed E-state index contributed by atoms with van der Waals surface area (Å²) < 4.78 is 5.41. The van der Waals surface area contributed by atoms with Gasteiger partial charge in [0, 0.05) is 36.9 Å². The van der Waals surface area contributed by atoms with Gasteiger partial charge in [0.05, 0.1) is 12.8 Å². The van der Waals surface area contributed by atoms with Crippen molar-refractivity contribution < 1.29 is 9.84 Å². The Hall–Kier alpha value is -3.12. The summed E-state index contributed by atoms with van der Waals surface area (Å²) in [6, 6.07) is 19.8. The maximum atomic E-state index is 8.99. The van der Waals surface area contributed by atoms with Crippen molar-refractivity contribution in [3.63, 3.8) is 0 Å². The number of methoxy groups -OCH3 is 1. The molecule has 0 aliphatic rings. The van der Waals surface area contributed by atoms with Gasteiger partial charge in [-0.05, 0) is 12.5 Å². The number of aromatic nitrogens is 2. The highest BCUT2D eigenvalue weighted by Gasteiger charge is 2.08. The smallest absolute Gasteiger partial charge is 0.225 e. The van der Waals surface area contributed by atoms with Crippen LogP contribution in [-0.2, 0) is 6.54 Å². The van der Waals surface area contributed by atoms with E-state index in [4.69, 9.17) is 9.84 Å². The molecule has 1 heterocycles. The molecule has 0 aliphatic carbocycles. The van der Waals surface area contributed by atoms with Crippen LogP contribution in [0.25, 0.3) is 11.3 Å². The molecule has 0 radical (unpaired) electrons. The predicted octanol–water partition coefficient (Wildman–Crippen LogP) is 3.56. The maximum Gasteiger partial charge on any atom is 0.225 e. The third kappa shape index (κ3) is 5.18. The summed E-state index contributed by atoms with van der Waals surface area (Å²) in [6.07, 6.45) is 0.642. The zero-order chi connectivity index (χ0) is 18.9. The van der Waals surface area contributed by atoms with Crippen LogP contribution >= 0.6 is 0 Å². The van der Waals surface area contributed by atoms with Crippen LogP contribution in [-0.4, -0.2) is 35.3 Å². The SMILES string of the molecule is COc1ccccc1CNc1cc(-c2ccccc2)nc(NCCCO)n1. The number of benzene rings is 2. The summed E-state index contributed by atoms with van der Waals surface area (Å²) >= 11 is 0. The first-order valence-corrected chi connectivity index (χ1v) is 8.95. The predicted molar refractivity (Wildman–Crippen MR) is 108 cm³/mol. The number of hydrogen-bond donors (Lipinski definition) is 3. The van der Waals surface area contributed by atoms with Crippen molar-refractivity contribution in [2.75, 3.05) is 30.9 Å². The molecule has 0 aliphatic heterocycles. The van der Waals surface area contributed by atoms with Crippen molar-refractivity contribution in [2.45, 2.75) is 13.0 Å². The van der Waals surface area contributed by atoms with Gasteiger partial charge in [-0.3, -0.25) is 0 Å². The number of rotatable bonds is 9. The van der Waals surface area contributed by atoms with Gasteiger partial charge in [-0.15, -0.1) is 0 Å². The number of nitrogens with zero attached hydrogens (tertiary/aromatic N) is 2. The lowest BCUT2D eigenvalue weighted by molar-refractivity contribution is 0.292. The molecule has 0 spiro atoms. The first-order chi connectivity index (χ1) is 13.3. The molecule has 2 aromatic carbocycles. The number of ether oxygens (including phenoxy) is 1. The number of para-hydroxylation sites is 1. The molecule has 6 nitrogen and oxygen atoms in total. The second-order valence-corrected chi connectivity index (χ2v) is 6.00. The molecular weight excluding hydrogens is 340 g/mol. The van der Waals surface area contributed by atoms with Crippen molar-refractivity contribution >= 4 is 11.8 Å². The molecule has 0 bridgehead atoms. The average molecular weight is 364 g/mol. The van der Waals surface area contributed by atoms with Gasteiger partial charge in [0.2, 0.25) is 5.95 Å². The zero-order valence-electron chi connectivity index (χ0n) is 15.4. The minimum Gasteiger partial charge on any atom is -0.496 e. The van der Waals surface area contributed by atoms with E-state index in [1.54, 1.807) is 7.11 Å². The monoisotopic (exact) mass is 364 g/mol. The van der Waals surface area contributed by atoms with E-state index in [0.717, 1.165) is 28.4 Å². The Labute approximate surface area is 159 Å². The van der Waals surface area contributed by atoms with E-state index in [-0.39, 0.29) is 6.61 Å². The number of aliphatic hydroxyl groups is 1. The highest BCUT2D eigenvalue weighted by atomic mass is 16.5. The fourth-order valence-corrected chi connectivity index (χ4v) is 2.69. The molecule has 3 rings (SSSR count). The molecule has 3 N–H and O–H groups in total. The van der Waals surface area contributed by atoms with Crippen LogP contribution in [0.4, 0.5) is 11.8 Å². The first kappa shape index (κ1) is 18.7. The van der Waals surface area contributed by atoms with E-state index in [1.807, 2.05) is 60.7 Å². The molecule has 1 aromatic heterocycles. The first-order valence-electron chi connectivity index (χ1n) is 8.95. The number of hydrogen-bond acceptors (Lipinski definition) is 6. The van der Waals surface area contributed by atoms with Gasteiger partial charge in [0.15, 0.2) is 0 Å². The van der Waals surface area contributed by atoms with Crippen LogP contribution in [0.15, 0.2) is 60.7 Å². The number of anilines is 2. The normalized spacial score (nSPS) is 10.4. The van der Waals surface area contributed by atoms with Crippen molar-refractivity contribution in [3.05, 3.63) is 66.2 Å². The Morgan fingerprint density at radius 3 is 2.52 bits per heavy atom. The molecule has 0 saturated carbocycles. The lowest BCUT2D eigenvalue weighted by Crippen LogP contribution is -2.10. The Morgan fingerprint density at radius 2 is 1.74 bits per heavy atom. The fourth-order valence-electron chi connectivity index (χ4n) is 2.69. The van der Waals surface area contributed by atoms with E-state index >= 15 is 0 Å². The van der Waals surface area contributed by atoms with Crippen molar-refractivity contribution in [3.8, 4) is 17.0 Å². The van der Waals surface area contributed by atoms with Gasteiger partial charge in [-0.2, -0.15) is 4.98 Å². The van der Waals surface area contributed by atoms with Gasteiger partial charge in [0.25, 0.3) is 0 Å². The molecule has 0 amide bonds. The third-order valence-corrected chi connectivity index (χ3v) is 4.07. The molecule has 6 heteroatoms. The van der Waals surface area contributed by atoms with Crippen LogP contribution in [0.2, 0.25) is 0 Å². The van der Waals surface area contributed by atoms with Crippen molar-refractivity contribution in [1.29, 1.82) is 0 Å². The van der Waals surface area contributed by atoms with E-state index in [9.17, 15) is 0 Å². The third-order valence-electron chi connectivity index (χ3n) is 4.07. The van der Waals surface area contributed by atoms with Crippen LogP contribution in [0, 0.1) is 0 Å². The summed E-state index contributed by atoms with van der Waals surface area (Å²) in [5.74, 6) is 2.09. The Bertz CT molecular complexity index is 856. The lowest BCUT2D eigenvalue weighted by atomic mass is 10.1. The summed E-state index contributed by atoms with van der Waals surface area (Å²) in [5, 5.41) is 15.5. The van der Waals surface area contributed by atoms with E-state index in [0.29, 0.717) is 25.5 Å². The van der Waals surface area contributed by atoms with Crippen molar-refractivity contribution in [2.24, 2.45) is 0 Å². The van der Waals surface area contributed by atoms with Gasteiger partial charge in [-0.25, -0.2) is 4.98 Å². The molecule has 3 aromatic rings. The molecule has 0 saturated heterocycles. The number of nitrogens with one attached hydrogen (secondary N) is 2. The van der Waals surface area contributed by atoms with Crippen molar-refractivity contribution in [1.82, 2.24) is 9.97 Å². The Morgan fingerprint density at radius 1 is 0.963 bits per heavy atom. The van der Waals surface area contributed by atoms with Gasteiger partial charge in [0.1, 0.15) is 11.6 Å². The quantitative estimate of drug-likeness (QED) is 0.504. The second kappa shape index (κ2) is 9.54. The van der Waals surface area contributed by atoms with Crippen LogP contribution in [0.5, 0.6) is 5.75 Å².